The number of nitrogens with zero attached hydrogens (tertiary/aromatic N) is 3. The number of hydrogen-bond donors (Lipinski definition) is 1. The number of aromatic nitrogens is 3. The third-order valence-corrected chi connectivity index (χ3v) is 4.17. The van der Waals surface area contributed by atoms with Gasteiger partial charge in [0.05, 0.1) is 6.10 Å². The third-order valence-electron chi connectivity index (χ3n) is 4.17. The fraction of sp³-hybridized carbons (Fsp3) is 0.526. The molecule has 1 aliphatic heterocycles. The topological polar surface area (TPSA) is 78.3 Å². The lowest BCUT2D eigenvalue weighted by Crippen LogP contribution is -2.32. The fourth-order valence-electron chi connectivity index (χ4n) is 2.95. The molecule has 0 radical (unpaired) electrons. The smallest absolute Gasteiger partial charge is 0.444 e. The van der Waals surface area contributed by atoms with Crippen LogP contribution in [0.2, 0.25) is 0 Å². The maximum Gasteiger partial charge on any atom is 0.522 e. The van der Waals surface area contributed by atoms with E-state index in [0.29, 0.717) is 24.7 Å². The lowest BCUT2D eigenvalue weighted by atomic mass is 10.1. The normalized spacial score (nSPS) is 17.0. The summed E-state index contributed by atoms with van der Waals surface area (Å²) in [6.07, 6.45) is -5.81. The SMILES string of the molecule is CC(C)(C)OC(=O)NCc1ccc(-c2nc3n(n2)CCC(OC(F)(F)F)C3)cc1. The number of carbonyl (C=O) groups excluding carboxylic acids is 1. The Hall–Kier alpha value is -2.62. The Labute approximate surface area is 166 Å². The second-order valence-electron chi connectivity index (χ2n) is 7.81. The first-order chi connectivity index (χ1) is 13.5. The molecule has 1 amide bonds. The zero-order valence-electron chi connectivity index (χ0n) is 16.4. The first-order valence-corrected chi connectivity index (χ1v) is 9.23. The average Bonchev–Trinajstić information content (AvgIpc) is 3.01. The van der Waals surface area contributed by atoms with Crippen molar-refractivity contribution in [2.45, 2.75) is 64.8 Å². The molecule has 10 heteroatoms. The van der Waals surface area contributed by atoms with Crippen LogP contribution in [0.3, 0.4) is 0 Å². The summed E-state index contributed by atoms with van der Waals surface area (Å²) in [5.74, 6) is 0.912. The summed E-state index contributed by atoms with van der Waals surface area (Å²) in [6.45, 7) is 5.99. The molecular weight excluding hydrogens is 389 g/mol. The number of carbonyl (C=O) groups is 1. The molecule has 1 aromatic heterocycles. The van der Waals surface area contributed by atoms with E-state index in [0.717, 1.165) is 11.1 Å². The van der Waals surface area contributed by atoms with Gasteiger partial charge in [-0.15, -0.1) is 13.2 Å². The highest BCUT2D eigenvalue weighted by Gasteiger charge is 2.35. The average molecular weight is 412 g/mol. The van der Waals surface area contributed by atoms with Crippen LogP contribution in [0.4, 0.5) is 18.0 Å². The highest BCUT2D eigenvalue weighted by Crippen LogP contribution is 2.26. The maximum atomic E-state index is 12.4. The van der Waals surface area contributed by atoms with Crippen molar-refractivity contribution in [2.24, 2.45) is 0 Å². The van der Waals surface area contributed by atoms with Crippen LogP contribution >= 0.6 is 0 Å². The van der Waals surface area contributed by atoms with Crippen LogP contribution in [-0.4, -0.2) is 38.9 Å². The first kappa shape index (κ1) is 21.1. The van der Waals surface area contributed by atoms with Gasteiger partial charge in [0, 0.05) is 25.1 Å². The zero-order chi connectivity index (χ0) is 21.2. The van der Waals surface area contributed by atoms with Gasteiger partial charge in [0.15, 0.2) is 5.82 Å². The largest absolute Gasteiger partial charge is 0.522 e. The molecular formula is C19H23F3N4O3. The standard InChI is InChI=1S/C19H23F3N4O3/c1-18(2,3)29-17(27)23-11-12-4-6-13(7-5-12)16-24-15-10-14(28-19(20,21)22)8-9-26(15)25-16/h4-7,14H,8-11H2,1-3H3,(H,23,27). The van der Waals surface area contributed by atoms with Gasteiger partial charge < -0.3 is 10.1 Å². The summed E-state index contributed by atoms with van der Waals surface area (Å²) < 4.78 is 48.2. The molecule has 0 saturated heterocycles. The second kappa shape index (κ2) is 8.02. The molecule has 2 aromatic rings. The molecule has 0 spiro atoms. The summed E-state index contributed by atoms with van der Waals surface area (Å²) in [4.78, 5) is 16.1. The number of alkyl carbamates (subject to hydrolysis) is 1. The summed E-state index contributed by atoms with van der Waals surface area (Å²) >= 11 is 0. The molecule has 158 valence electrons. The number of amides is 1. The molecule has 1 aromatic carbocycles. The maximum absolute atomic E-state index is 12.4. The molecule has 1 unspecified atom stereocenters. The first-order valence-electron chi connectivity index (χ1n) is 9.23. The Kier molecular flexibility index (Phi) is 5.83. The predicted molar refractivity (Wildman–Crippen MR) is 97.8 cm³/mol. The summed E-state index contributed by atoms with van der Waals surface area (Å²) in [7, 11) is 0. The number of rotatable bonds is 4. The van der Waals surface area contributed by atoms with E-state index in [1.54, 1.807) is 37.6 Å². The number of hydrogen-bond acceptors (Lipinski definition) is 5. The molecule has 2 heterocycles. The Balaban J connectivity index is 1.61. The lowest BCUT2D eigenvalue weighted by Gasteiger charge is -2.23. The molecule has 1 aliphatic rings. The monoisotopic (exact) mass is 412 g/mol. The van der Waals surface area contributed by atoms with Gasteiger partial charge in [-0.25, -0.2) is 14.5 Å². The minimum atomic E-state index is -4.65. The highest BCUT2D eigenvalue weighted by molar-refractivity contribution is 5.67. The van der Waals surface area contributed by atoms with Crippen molar-refractivity contribution < 1.29 is 27.4 Å². The van der Waals surface area contributed by atoms with E-state index in [9.17, 15) is 18.0 Å². The van der Waals surface area contributed by atoms with E-state index in [1.807, 2.05) is 12.1 Å². The van der Waals surface area contributed by atoms with Crippen LogP contribution in [0, 0.1) is 0 Å². The summed E-state index contributed by atoms with van der Waals surface area (Å²) in [5, 5.41) is 7.05. The third kappa shape index (κ3) is 6.18. The lowest BCUT2D eigenvalue weighted by molar-refractivity contribution is -0.344. The van der Waals surface area contributed by atoms with Gasteiger partial charge in [-0.2, -0.15) is 5.10 Å². The quantitative estimate of drug-likeness (QED) is 0.826. The van der Waals surface area contributed by atoms with Crippen molar-refractivity contribution in [2.75, 3.05) is 0 Å². The Bertz CT molecular complexity index is 857. The van der Waals surface area contributed by atoms with Gasteiger partial charge in [-0.3, -0.25) is 4.74 Å². The molecule has 0 saturated carbocycles. The fourth-order valence-corrected chi connectivity index (χ4v) is 2.95. The van der Waals surface area contributed by atoms with Crippen molar-refractivity contribution in [3.63, 3.8) is 0 Å². The Morgan fingerprint density at radius 2 is 1.93 bits per heavy atom. The number of nitrogens with one attached hydrogen (secondary N) is 1. The van der Waals surface area contributed by atoms with Gasteiger partial charge in [0.1, 0.15) is 11.4 Å². The van der Waals surface area contributed by atoms with Gasteiger partial charge in [-0.05, 0) is 32.8 Å². The Morgan fingerprint density at radius 1 is 1.24 bits per heavy atom. The van der Waals surface area contributed by atoms with Crippen LogP contribution in [0.1, 0.15) is 38.6 Å². The second-order valence-corrected chi connectivity index (χ2v) is 7.81. The predicted octanol–water partition coefficient (Wildman–Crippen LogP) is 3.82. The van der Waals surface area contributed by atoms with Crippen molar-refractivity contribution in [1.82, 2.24) is 20.1 Å². The van der Waals surface area contributed by atoms with Gasteiger partial charge >= 0.3 is 12.5 Å². The zero-order valence-corrected chi connectivity index (χ0v) is 16.4. The van der Waals surface area contributed by atoms with E-state index in [2.05, 4.69) is 20.1 Å². The minimum absolute atomic E-state index is 0.0599. The van der Waals surface area contributed by atoms with E-state index in [1.165, 1.54) is 0 Å². The van der Waals surface area contributed by atoms with Crippen LogP contribution in [0.25, 0.3) is 11.4 Å². The van der Waals surface area contributed by atoms with E-state index < -0.39 is 24.2 Å². The van der Waals surface area contributed by atoms with Crippen LogP contribution in [0.15, 0.2) is 24.3 Å². The number of benzene rings is 1. The Morgan fingerprint density at radius 3 is 2.55 bits per heavy atom. The van der Waals surface area contributed by atoms with Crippen molar-refractivity contribution in [3.8, 4) is 11.4 Å². The summed E-state index contributed by atoms with van der Waals surface area (Å²) in [6, 6.07) is 7.25. The summed E-state index contributed by atoms with van der Waals surface area (Å²) in [5.41, 5.74) is 1.03. The number of ether oxygens (including phenoxy) is 2. The van der Waals surface area contributed by atoms with Crippen molar-refractivity contribution in [1.29, 1.82) is 0 Å². The number of aryl methyl sites for hydroxylation is 1. The number of fused-ring (bicyclic) bond motifs is 1. The molecule has 3 rings (SSSR count). The number of alkyl halides is 3. The molecule has 0 fully saturated rings. The van der Waals surface area contributed by atoms with Crippen molar-refractivity contribution >= 4 is 6.09 Å². The van der Waals surface area contributed by atoms with Gasteiger partial charge in [0.25, 0.3) is 0 Å². The van der Waals surface area contributed by atoms with Crippen LogP contribution in [-0.2, 0) is 29.0 Å². The van der Waals surface area contributed by atoms with Crippen LogP contribution < -0.4 is 5.32 Å². The molecule has 1 N–H and O–H groups in total. The van der Waals surface area contributed by atoms with Gasteiger partial charge in [-0.1, -0.05) is 24.3 Å². The number of halogens is 3. The molecule has 7 nitrogen and oxygen atoms in total. The molecule has 0 bridgehead atoms. The van der Waals surface area contributed by atoms with E-state index in [-0.39, 0.29) is 12.8 Å². The van der Waals surface area contributed by atoms with Crippen molar-refractivity contribution in [3.05, 3.63) is 35.7 Å². The van der Waals surface area contributed by atoms with Crippen LogP contribution in [0.5, 0.6) is 0 Å². The van der Waals surface area contributed by atoms with E-state index >= 15 is 0 Å². The van der Waals surface area contributed by atoms with E-state index in [4.69, 9.17) is 4.74 Å². The minimum Gasteiger partial charge on any atom is -0.444 e. The highest BCUT2D eigenvalue weighted by atomic mass is 19.4. The molecule has 0 aliphatic carbocycles. The van der Waals surface area contributed by atoms with Gasteiger partial charge in [0.2, 0.25) is 0 Å². The molecule has 1 atom stereocenters. The molecule has 29 heavy (non-hydrogen) atoms.